The molecule has 0 radical (unpaired) electrons. The molecule has 0 spiro atoms. The third kappa shape index (κ3) is 2.78. The van der Waals surface area contributed by atoms with Gasteiger partial charge in [0.1, 0.15) is 0 Å². The maximum absolute atomic E-state index is 12.1. The van der Waals surface area contributed by atoms with Crippen molar-refractivity contribution in [2.45, 2.75) is 57.7 Å². The van der Waals surface area contributed by atoms with Crippen LogP contribution >= 0.6 is 0 Å². The van der Waals surface area contributed by atoms with Crippen molar-refractivity contribution >= 4 is 5.91 Å². The second-order valence-electron chi connectivity index (χ2n) is 5.56. The number of carbonyl (C=O) groups excluding carboxylic acids is 1. The summed E-state index contributed by atoms with van der Waals surface area (Å²) >= 11 is 0. The first-order chi connectivity index (χ1) is 9.22. The fraction of sp³-hybridized carbons (Fsp3) is 0.769. The predicted molar refractivity (Wildman–Crippen MR) is 68.2 cm³/mol. The summed E-state index contributed by atoms with van der Waals surface area (Å²) in [6, 6.07) is 0.479. The summed E-state index contributed by atoms with van der Waals surface area (Å²) < 4.78 is 4.98. The van der Waals surface area contributed by atoms with Crippen LogP contribution in [0.3, 0.4) is 0 Å². The summed E-state index contributed by atoms with van der Waals surface area (Å²) in [7, 11) is 0. The predicted octanol–water partition coefficient (Wildman–Crippen LogP) is 0.915. The molecule has 3 unspecified atom stereocenters. The molecule has 3 atom stereocenters. The van der Waals surface area contributed by atoms with E-state index >= 15 is 0 Å². The molecule has 1 saturated heterocycles. The largest absolute Gasteiger partial charge is 0.346 e. The van der Waals surface area contributed by atoms with E-state index in [2.05, 4.69) is 20.8 Å². The van der Waals surface area contributed by atoms with Crippen molar-refractivity contribution in [1.29, 1.82) is 0 Å². The van der Waals surface area contributed by atoms with Gasteiger partial charge in [-0.2, -0.15) is 4.98 Å². The Morgan fingerprint density at radius 2 is 2.32 bits per heavy atom. The summed E-state index contributed by atoms with van der Waals surface area (Å²) in [5, 5.41) is 10.0. The molecule has 1 saturated carbocycles. The Balaban J connectivity index is 1.51. The molecule has 1 aromatic rings. The molecule has 1 aliphatic heterocycles. The lowest BCUT2D eigenvalue weighted by molar-refractivity contribution is -0.123. The molecular weight excluding hydrogens is 244 g/mol. The third-order valence-corrected chi connectivity index (χ3v) is 4.16. The zero-order valence-corrected chi connectivity index (χ0v) is 11.2. The number of nitrogens with zero attached hydrogens (tertiary/aromatic N) is 2. The van der Waals surface area contributed by atoms with Gasteiger partial charge in [0.2, 0.25) is 11.8 Å². The highest BCUT2D eigenvalue weighted by molar-refractivity contribution is 5.82. The fourth-order valence-electron chi connectivity index (χ4n) is 3.22. The molecule has 19 heavy (non-hydrogen) atoms. The van der Waals surface area contributed by atoms with Gasteiger partial charge in [-0.25, -0.2) is 0 Å². The Labute approximate surface area is 112 Å². The van der Waals surface area contributed by atoms with Crippen molar-refractivity contribution in [2.75, 3.05) is 0 Å². The van der Waals surface area contributed by atoms with E-state index in [0.29, 0.717) is 30.2 Å². The number of hydrogen-bond donors (Lipinski definition) is 2. The van der Waals surface area contributed by atoms with Gasteiger partial charge in [-0.1, -0.05) is 18.0 Å². The fourth-order valence-corrected chi connectivity index (χ4v) is 3.22. The van der Waals surface area contributed by atoms with Crippen molar-refractivity contribution in [3.05, 3.63) is 11.7 Å². The van der Waals surface area contributed by atoms with Crippen LogP contribution in [0.1, 0.15) is 43.8 Å². The third-order valence-electron chi connectivity index (χ3n) is 4.16. The van der Waals surface area contributed by atoms with Crippen LogP contribution in [0.5, 0.6) is 0 Å². The van der Waals surface area contributed by atoms with Gasteiger partial charge in [0.15, 0.2) is 5.82 Å². The number of fused-ring (bicyclic) bond motifs is 1. The molecule has 2 fully saturated rings. The van der Waals surface area contributed by atoms with Crippen molar-refractivity contribution in [3.63, 3.8) is 0 Å². The molecule has 6 heteroatoms. The number of carbonyl (C=O) groups is 1. The van der Waals surface area contributed by atoms with Gasteiger partial charge in [-0.15, -0.1) is 0 Å². The number of amides is 1. The van der Waals surface area contributed by atoms with Crippen LogP contribution in [-0.4, -0.2) is 28.1 Å². The van der Waals surface area contributed by atoms with E-state index in [-0.39, 0.29) is 11.9 Å². The number of hydrogen-bond acceptors (Lipinski definition) is 5. The summed E-state index contributed by atoms with van der Waals surface area (Å²) in [5.41, 5.74) is 0. The van der Waals surface area contributed by atoms with E-state index in [1.165, 1.54) is 25.7 Å². The molecule has 104 valence electrons. The molecule has 2 N–H and O–H groups in total. The molecule has 3 rings (SSSR count). The topological polar surface area (TPSA) is 80.0 Å². The molecule has 0 bridgehead atoms. The molecule has 2 heterocycles. The molecule has 0 aromatic carbocycles. The van der Waals surface area contributed by atoms with E-state index in [4.69, 9.17) is 4.52 Å². The Hall–Kier alpha value is -1.43. The minimum Gasteiger partial charge on any atom is -0.346 e. The van der Waals surface area contributed by atoms with Crippen LogP contribution in [0.25, 0.3) is 0 Å². The van der Waals surface area contributed by atoms with Crippen molar-refractivity contribution in [1.82, 2.24) is 20.8 Å². The summed E-state index contributed by atoms with van der Waals surface area (Å²) in [5.74, 6) is 1.77. The van der Waals surface area contributed by atoms with Crippen LogP contribution in [-0.2, 0) is 11.3 Å². The first kappa shape index (κ1) is 12.6. The highest BCUT2D eigenvalue weighted by Crippen LogP contribution is 2.33. The maximum Gasteiger partial charge on any atom is 0.246 e. The van der Waals surface area contributed by atoms with Crippen LogP contribution in [0, 0.1) is 12.8 Å². The van der Waals surface area contributed by atoms with Gasteiger partial charge in [-0.3, -0.25) is 4.79 Å². The van der Waals surface area contributed by atoms with Crippen molar-refractivity contribution < 1.29 is 9.32 Å². The van der Waals surface area contributed by atoms with Gasteiger partial charge in [-0.05, 0) is 32.1 Å². The second kappa shape index (κ2) is 5.28. The van der Waals surface area contributed by atoms with E-state index in [0.717, 1.165) is 6.42 Å². The van der Waals surface area contributed by atoms with Crippen LogP contribution in [0.15, 0.2) is 4.52 Å². The van der Waals surface area contributed by atoms with Gasteiger partial charge >= 0.3 is 0 Å². The minimum atomic E-state index is -0.0582. The average Bonchev–Trinajstić information content (AvgIpc) is 3.01. The van der Waals surface area contributed by atoms with Crippen LogP contribution in [0.2, 0.25) is 0 Å². The standard InChI is InChI=1S/C13H20N4O2/c1-8-15-12(19-17-8)7-14-13(18)11-6-9-4-2-3-5-10(9)16-11/h9-11,16H,2-7H2,1H3,(H,14,18). The smallest absolute Gasteiger partial charge is 0.246 e. The van der Waals surface area contributed by atoms with E-state index < -0.39 is 0 Å². The Morgan fingerprint density at radius 3 is 3.05 bits per heavy atom. The van der Waals surface area contributed by atoms with Gasteiger partial charge in [0.25, 0.3) is 0 Å². The van der Waals surface area contributed by atoms with E-state index in [1.807, 2.05) is 0 Å². The second-order valence-corrected chi connectivity index (χ2v) is 5.56. The molecule has 2 aliphatic rings. The van der Waals surface area contributed by atoms with Crippen molar-refractivity contribution in [2.24, 2.45) is 5.92 Å². The van der Waals surface area contributed by atoms with Gasteiger partial charge in [0.05, 0.1) is 12.6 Å². The van der Waals surface area contributed by atoms with E-state index in [1.54, 1.807) is 6.92 Å². The number of nitrogens with one attached hydrogen (secondary N) is 2. The zero-order valence-electron chi connectivity index (χ0n) is 11.2. The lowest BCUT2D eigenvalue weighted by Crippen LogP contribution is -2.42. The minimum absolute atomic E-state index is 0.0465. The molecule has 1 aromatic heterocycles. The lowest BCUT2D eigenvalue weighted by atomic mass is 9.85. The van der Waals surface area contributed by atoms with Crippen LogP contribution in [0.4, 0.5) is 0 Å². The summed E-state index contributed by atoms with van der Waals surface area (Å²) in [4.78, 5) is 16.2. The van der Waals surface area contributed by atoms with E-state index in [9.17, 15) is 4.79 Å². The number of rotatable bonds is 3. The average molecular weight is 264 g/mol. The highest BCUT2D eigenvalue weighted by Gasteiger charge is 2.38. The quantitative estimate of drug-likeness (QED) is 0.848. The molecule has 6 nitrogen and oxygen atoms in total. The highest BCUT2D eigenvalue weighted by atomic mass is 16.5. The summed E-state index contributed by atoms with van der Waals surface area (Å²) in [6.07, 6.45) is 6.00. The molecule has 1 amide bonds. The van der Waals surface area contributed by atoms with Gasteiger partial charge in [0, 0.05) is 6.04 Å². The number of aromatic nitrogens is 2. The van der Waals surface area contributed by atoms with Gasteiger partial charge < -0.3 is 15.2 Å². The first-order valence-electron chi connectivity index (χ1n) is 7.05. The molecular formula is C13H20N4O2. The summed E-state index contributed by atoms with van der Waals surface area (Å²) in [6.45, 7) is 2.07. The molecule has 1 aliphatic carbocycles. The first-order valence-corrected chi connectivity index (χ1v) is 7.05. The Kier molecular flexibility index (Phi) is 3.50. The van der Waals surface area contributed by atoms with Crippen LogP contribution < -0.4 is 10.6 Å². The lowest BCUT2D eigenvalue weighted by Gasteiger charge is -2.24. The van der Waals surface area contributed by atoms with Crippen molar-refractivity contribution in [3.8, 4) is 0 Å². The maximum atomic E-state index is 12.1. The number of aryl methyl sites for hydroxylation is 1. The monoisotopic (exact) mass is 264 g/mol. The zero-order chi connectivity index (χ0) is 13.2. The SMILES string of the molecule is Cc1noc(CNC(=O)C2CC3CCCCC3N2)n1. The Morgan fingerprint density at radius 1 is 1.47 bits per heavy atom. The normalized spacial score (nSPS) is 30.1. The Bertz CT molecular complexity index is 445.